The van der Waals surface area contributed by atoms with Crippen LogP contribution in [0.4, 0.5) is 4.39 Å². The molecule has 3 rings (SSSR count). The first-order chi connectivity index (χ1) is 12.7. The SMILES string of the molecule is CCCCCC1CCC(CCc2ccc(-c3ccc(F)nc3)cc2)CC1. The molecule has 0 atom stereocenters. The third-order valence-corrected chi connectivity index (χ3v) is 6.04. The maximum atomic E-state index is 12.9. The normalized spacial score (nSPS) is 20.2. The fraction of sp³-hybridized carbons (Fsp3) is 0.542. The van der Waals surface area contributed by atoms with E-state index >= 15 is 0 Å². The van der Waals surface area contributed by atoms with Crippen LogP contribution in [0.3, 0.4) is 0 Å². The zero-order valence-corrected chi connectivity index (χ0v) is 16.1. The average Bonchev–Trinajstić information content (AvgIpc) is 2.69. The van der Waals surface area contributed by atoms with Gasteiger partial charge >= 0.3 is 0 Å². The molecule has 0 radical (unpaired) electrons. The van der Waals surface area contributed by atoms with Gasteiger partial charge in [0.25, 0.3) is 0 Å². The summed E-state index contributed by atoms with van der Waals surface area (Å²) in [7, 11) is 0. The summed E-state index contributed by atoms with van der Waals surface area (Å²) in [6.45, 7) is 2.29. The number of aromatic nitrogens is 1. The van der Waals surface area contributed by atoms with E-state index in [0.717, 1.165) is 23.0 Å². The third-order valence-electron chi connectivity index (χ3n) is 6.04. The summed E-state index contributed by atoms with van der Waals surface area (Å²) in [5, 5.41) is 0. The highest BCUT2D eigenvalue weighted by Crippen LogP contribution is 2.34. The molecular formula is C24H32FN. The van der Waals surface area contributed by atoms with Crippen molar-refractivity contribution in [2.75, 3.05) is 0 Å². The fourth-order valence-corrected chi connectivity index (χ4v) is 4.27. The second-order valence-electron chi connectivity index (χ2n) is 7.99. The molecule has 0 aliphatic heterocycles. The van der Waals surface area contributed by atoms with Crippen molar-refractivity contribution in [2.45, 2.75) is 71.1 Å². The van der Waals surface area contributed by atoms with Crippen molar-refractivity contribution in [2.24, 2.45) is 11.8 Å². The summed E-state index contributed by atoms with van der Waals surface area (Å²) in [6, 6.07) is 11.9. The predicted octanol–water partition coefficient (Wildman–Crippen LogP) is 7.21. The first-order valence-corrected chi connectivity index (χ1v) is 10.5. The molecule has 0 amide bonds. The molecule has 2 aromatic rings. The summed E-state index contributed by atoms with van der Waals surface area (Å²) in [6.07, 6.45) is 15.5. The van der Waals surface area contributed by atoms with Crippen molar-refractivity contribution < 1.29 is 4.39 Å². The van der Waals surface area contributed by atoms with Crippen LogP contribution in [-0.2, 0) is 6.42 Å². The number of hydrogen-bond donors (Lipinski definition) is 0. The zero-order valence-electron chi connectivity index (χ0n) is 16.1. The molecule has 2 heteroatoms. The van der Waals surface area contributed by atoms with Gasteiger partial charge in [0, 0.05) is 11.8 Å². The van der Waals surface area contributed by atoms with Crippen LogP contribution in [-0.4, -0.2) is 4.98 Å². The van der Waals surface area contributed by atoms with E-state index in [1.807, 2.05) is 0 Å². The zero-order chi connectivity index (χ0) is 18.2. The molecule has 1 aromatic heterocycles. The molecule has 1 aliphatic carbocycles. The van der Waals surface area contributed by atoms with E-state index in [9.17, 15) is 4.39 Å². The highest BCUT2D eigenvalue weighted by molar-refractivity contribution is 5.62. The molecule has 140 valence electrons. The maximum Gasteiger partial charge on any atom is 0.212 e. The molecule has 1 fully saturated rings. The van der Waals surface area contributed by atoms with Gasteiger partial charge in [-0.1, -0.05) is 82.6 Å². The lowest BCUT2D eigenvalue weighted by atomic mass is 9.78. The van der Waals surface area contributed by atoms with E-state index in [-0.39, 0.29) is 0 Å². The monoisotopic (exact) mass is 353 g/mol. The van der Waals surface area contributed by atoms with Crippen LogP contribution in [0.5, 0.6) is 0 Å². The van der Waals surface area contributed by atoms with E-state index in [2.05, 4.69) is 36.2 Å². The number of rotatable bonds is 8. The van der Waals surface area contributed by atoms with Crippen LogP contribution in [0.1, 0.15) is 70.3 Å². The Labute approximate surface area is 158 Å². The van der Waals surface area contributed by atoms with Gasteiger partial charge in [-0.25, -0.2) is 4.98 Å². The van der Waals surface area contributed by atoms with Crippen molar-refractivity contribution in [1.29, 1.82) is 0 Å². The summed E-state index contributed by atoms with van der Waals surface area (Å²) in [4.78, 5) is 3.74. The van der Waals surface area contributed by atoms with Gasteiger partial charge < -0.3 is 0 Å². The highest BCUT2D eigenvalue weighted by atomic mass is 19.1. The van der Waals surface area contributed by atoms with Gasteiger partial charge in [0.15, 0.2) is 0 Å². The number of nitrogens with zero attached hydrogens (tertiary/aromatic N) is 1. The van der Waals surface area contributed by atoms with Crippen LogP contribution in [0.15, 0.2) is 42.6 Å². The molecule has 1 nitrogen and oxygen atoms in total. The van der Waals surface area contributed by atoms with Gasteiger partial charge in [0.1, 0.15) is 0 Å². The molecule has 26 heavy (non-hydrogen) atoms. The summed E-state index contributed by atoms with van der Waals surface area (Å²) in [5.41, 5.74) is 3.49. The van der Waals surface area contributed by atoms with Crippen molar-refractivity contribution in [1.82, 2.24) is 4.98 Å². The lowest BCUT2D eigenvalue weighted by Gasteiger charge is -2.28. The van der Waals surface area contributed by atoms with E-state index in [0.29, 0.717) is 0 Å². The Morgan fingerprint density at radius 2 is 1.50 bits per heavy atom. The van der Waals surface area contributed by atoms with Crippen molar-refractivity contribution in [3.63, 3.8) is 0 Å². The van der Waals surface area contributed by atoms with Crippen molar-refractivity contribution in [3.05, 3.63) is 54.1 Å². The van der Waals surface area contributed by atoms with E-state index < -0.39 is 5.95 Å². The number of benzene rings is 1. The molecule has 0 unspecified atom stereocenters. The first-order valence-electron chi connectivity index (χ1n) is 10.5. The lowest BCUT2D eigenvalue weighted by molar-refractivity contribution is 0.249. The van der Waals surface area contributed by atoms with E-state index in [1.54, 1.807) is 12.3 Å². The van der Waals surface area contributed by atoms with Crippen LogP contribution in [0, 0.1) is 17.8 Å². The Morgan fingerprint density at radius 3 is 2.12 bits per heavy atom. The molecular weight excluding hydrogens is 321 g/mol. The van der Waals surface area contributed by atoms with Gasteiger partial charge in [0.05, 0.1) is 0 Å². The van der Waals surface area contributed by atoms with Crippen molar-refractivity contribution >= 4 is 0 Å². The molecule has 1 aliphatic rings. The summed E-state index contributed by atoms with van der Waals surface area (Å²) >= 11 is 0. The Balaban J connectivity index is 1.42. The number of hydrogen-bond acceptors (Lipinski definition) is 1. The molecule has 1 saturated carbocycles. The third kappa shape index (κ3) is 5.65. The fourth-order valence-electron chi connectivity index (χ4n) is 4.27. The quantitative estimate of drug-likeness (QED) is 0.361. The minimum absolute atomic E-state index is 0.426. The largest absolute Gasteiger partial charge is 0.228 e. The number of pyridine rings is 1. The molecule has 0 N–H and O–H groups in total. The number of aryl methyl sites for hydroxylation is 1. The van der Waals surface area contributed by atoms with Crippen LogP contribution < -0.4 is 0 Å². The van der Waals surface area contributed by atoms with E-state index in [4.69, 9.17) is 0 Å². The van der Waals surface area contributed by atoms with E-state index in [1.165, 1.54) is 75.8 Å². The Morgan fingerprint density at radius 1 is 0.846 bits per heavy atom. The summed E-state index contributed by atoms with van der Waals surface area (Å²) < 4.78 is 12.9. The topological polar surface area (TPSA) is 12.9 Å². The van der Waals surface area contributed by atoms with Crippen LogP contribution in [0.2, 0.25) is 0 Å². The standard InChI is InChI=1S/C24H32FN/c1-2-3-4-5-19-6-8-20(9-7-19)10-11-21-12-14-22(15-13-21)23-16-17-24(25)26-18-23/h12-20H,2-11H2,1H3. The van der Waals surface area contributed by atoms with Gasteiger partial charge in [-0.05, 0) is 47.9 Å². The van der Waals surface area contributed by atoms with Gasteiger partial charge in [-0.15, -0.1) is 0 Å². The minimum Gasteiger partial charge on any atom is -0.228 e. The molecule has 0 spiro atoms. The Bertz CT molecular complexity index is 639. The molecule has 1 heterocycles. The molecule has 1 aromatic carbocycles. The van der Waals surface area contributed by atoms with Crippen LogP contribution >= 0.6 is 0 Å². The lowest BCUT2D eigenvalue weighted by Crippen LogP contribution is -2.15. The van der Waals surface area contributed by atoms with Crippen molar-refractivity contribution in [3.8, 4) is 11.1 Å². The predicted molar refractivity (Wildman–Crippen MR) is 108 cm³/mol. The smallest absolute Gasteiger partial charge is 0.212 e. The molecule has 0 bridgehead atoms. The minimum atomic E-state index is -0.426. The maximum absolute atomic E-state index is 12.9. The first kappa shape index (κ1) is 19.1. The number of halogens is 1. The Kier molecular flexibility index (Phi) is 7.22. The Hall–Kier alpha value is -1.70. The summed E-state index contributed by atoms with van der Waals surface area (Å²) in [5.74, 6) is 1.49. The van der Waals surface area contributed by atoms with Crippen LogP contribution in [0.25, 0.3) is 11.1 Å². The average molecular weight is 354 g/mol. The molecule has 0 saturated heterocycles. The second-order valence-corrected chi connectivity index (χ2v) is 7.99. The highest BCUT2D eigenvalue weighted by Gasteiger charge is 2.20. The van der Waals surface area contributed by atoms with Gasteiger partial charge in [-0.3, -0.25) is 0 Å². The van der Waals surface area contributed by atoms with Gasteiger partial charge in [-0.2, -0.15) is 4.39 Å². The number of unbranched alkanes of at least 4 members (excludes halogenated alkanes) is 2. The van der Waals surface area contributed by atoms with Gasteiger partial charge in [0.2, 0.25) is 5.95 Å². The second kappa shape index (κ2) is 9.85.